The van der Waals surface area contributed by atoms with E-state index in [0.29, 0.717) is 30.0 Å². The molecule has 0 aromatic carbocycles. The number of thiophene rings is 1. The van der Waals surface area contributed by atoms with E-state index in [0.717, 1.165) is 37.3 Å². The van der Waals surface area contributed by atoms with E-state index < -0.39 is 10.0 Å². The number of nitrogens with one attached hydrogen (secondary N) is 1. The van der Waals surface area contributed by atoms with E-state index >= 15 is 0 Å². The number of halogens is 1. The van der Waals surface area contributed by atoms with Crippen LogP contribution in [-0.2, 0) is 14.8 Å². The fourth-order valence-electron chi connectivity index (χ4n) is 3.04. The third kappa shape index (κ3) is 5.14. The van der Waals surface area contributed by atoms with Gasteiger partial charge in [-0.2, -0.15) is 0 Å². The predicted molar refractivity (Wildman–Crippen MR) is 94.8 cm³/mol. The fraction of sp³-hybridized carbons (Fsp3) is 0.733. The van der Waals surface area contributed by atoms with Crippen molar-refractivity contribution in [3.63, 3.8) is 0 Å². The van der Waals surface area contributed by atoms with Crippen molar-refractivity contribution in [3.8, 4) is 0 Å². The largest absolute Gasteiger partial charge is 0.379 e. The second kappa shape index (κ2) is 8.78. The van der Waals surface area contributed by atoms with Gasteiger partial charge >= 0.3 is 0 Å². The van der Waals surface area contributed by atoms with Crippen LogP contribution in [-0.4, -0.2) is 52.2 Å². The molecular weight excluding hydrogens is 356 g/mol. The molecule has 1 aliphatic rings. The summed E-state index contributed by atoms with van der Waals surface area (Å²) >= 11 is 6.93. The third-order valence-corrected chi connectivity index (χ3v) is 7.55. The molecule has 0 bridgehead atoms. The molecule has 1 aromatic rings. The first-order valence-electron chi connectivity index (χ1n) is 8.04. The van der Waals surface area contributed by atoms with Crippen molar-refractivity contribution in [1.29, 1.82) is 0 Å². The Balaban J connectivity index is 2.07. The average molecular weight is 381 g/mol. The highest BCUT2D eigenvalue weighted by Gasteiger charge is 2.28. The Morgan fingerprint density at radius 1 is 1.30 bits per heavy atom. The smallest absolute Gasteiger partial charge is 0.250 e. The van der Waals surface area contributed by atoms with Crippen LogP contribution in [0, 0.1) is 5.92 Å². The summed E-state index contributed by atoms with van der Waals surface area (Å²) in [5.74, 6) is 0.461. The van der Waals surface area contributed by atoms with Crippen LogP contribution in [0.3, 0.4) is 0 Å². The standard InChI is InChI=1S/C15H25ClN2O3S2/c1-3-12(4-2)13(18-7-9-21-10-8-18)11-17-23(19,20)15-6-5-14(16)22-15/h5-6,12-13,17H,3-4,7-11H2,1-2H3. The summed E-state index contributed by atoms with van der Waals surface area (Å²) in [5, 5.41) is 0. The van der Waals surface area contributed by atoms with Crippen LogP contribution in [0.15, 0.2) is 16.3 Å². The van der Waals surface area contributed by atoms with Crippen LogP contribution in [0.1, 0.15) is 26.7 Å². The van der Waals surface area contributed by atoms with Gasteiger partial charge in [-0.3, -0.25) is 4.90 Å². The second-order valence-corrected chi connectivity index (χ2v) is 9.41. The van der Waals surface area contributed by atoms with Gasteiger partial charge in [0.05, 0.1) is 17.6 Å². The van der Waals surface area contributed by atoms with E-state index in [2.05, 4.69) is 23.5 Å². The lowest BCUT2D eigenvalue weighted by molar-refractivity contribution is 0.00298. The predicted octanol–water partition coefficient (Wildman–Crippen LogP) is 2.82. The van der Waals surface area contributed by atoms with Crippen LogP contribution >= 0.6 is 22.9 Å². The molecule has 1 fully saturated rings. The van der Waals surface area contributed by atoms with E-state index in [4.69, 9.17) is 16.3 Å². The molecule has 5 nitrogen and oxygen atoms in total. The van der Waals surface area contributed by atoms with Crippen molar-refractivity contribution in [3.05, 3.63) is 16.5 Å². The number of morpholine rings is 1. The molecule has 0 aliphatic carbocycles. The van der Waals surface area contributed by atoms with Crippen LogP contribution in [0.5, 0.6) is 0 Å². The van der Waals surface area contributed by atoms with E-state index in [1.165, 1.54) is 0 Å². The number of rotatable bonds is 8. The average Bonchev–Trinajstić information content (AvgIpc) is 2.99. The summed E-state index contributed by atoms with van der Waals surface area (Å²) in [6.07, 6.45) is 2.07. The summed E-state index contributed by atoms with van der Waals surface area (Å²) in [7, 11) is -3.50. The maximum atomic E-state index is 12.4. The van der Waals surface area contributed by atoms with Gasteiger partial charge in [-0.05, 0) is 18.1 Å². The monoisotopic (exact) mass is 380 g/mol. The van der Waals surface area contributed by atoms with Crippen molar-refractivity contribution in [2.75, 3.05) is 32.8 Å². The molecule has 23 heavy (non-hydrogen) atoms. The molecule has 0 radical (unpaired) electrons. The molecule has 1 aliphatic heterocycles. The number of ether oxygens (including phenoxy) is 1. The fourth-order valence-corrected chi connectivity index (χ4v) is 5.62. The van der Waals surface area contributed by atoms with Gasteiger partial charge in [0, 0.05) is 25.7 Å². The Bertz CT molecular complexity index is 581. The lowest BCUT2D eigenvalue weighted by atomic mass is 9.92. The maximum absolute atomic E-state index is 12.4. The minimum Gasteiger partial charge on any atom is -0.379 e. The summed E-state index contributed by atoms with van der Waals surface area (Å²) in [6, 6.07) is 3.36. The quantitative estimate of drug-likeness (QED) is 0.753. The summed E-state index contributed by atoms with van der Waals surface area (Å²) in [6.45, 7) is 7.88. The Morgan fingerprint density at radius 3 is 2.48 bits per heavy atom. The molecule has 1 atom stereocenters. The molecule has 0 saturated carbocycles. The molecular formula is C15H25ClN2O3S2. The van der Waals surface area contributed by atoms with E-state index in [1.54, 1.807) is 12.1 Å². The molecule has 1 saturated heterocycles. The molecule has 2 rings (SSSR count). The van der Waals surface area contributed by atoms with Gasteiger partial charge in [0.25, 0.3) is 0 Å². The zero-order valence-corrected chi connectivity index (χ0v) is 16.0. The maximum Gasteiger partial charge on any atom is 0.250 e. The molecule has 0 spiro atoms. The van der Waals surface area contributed by atoms with Gasteiger partial charge in [0.1, 0.15) is 4.21 Å². The van der Waals surface area contributed by atoms with Gasteiger partial charge in [-0.1, -0.05) is 38.3 Å². The zero-order valence-electron chi connectivity index (χ0n) is 13.6. The van der Waals surface area contributed by atoms with E-state index in [-0.39, 0.29) is 10.3 Å². The topological polar surface area (TPSA) is 58.6 Å². The highest BCUT2D eigenvalue weighted by molar-refractivity contribution is 7.91. The van der Waals surface area contributed by atoms with Gasteiger partial charge < -0.3 is 4.74 Å². The highest BCUT2D eigenvalue weighted by Crippen LogP contribution is 2.26. The molecule has 1 unspecified atom stereocenters. The minimum absolute atomic E-state index is 0.194. The van der Waals surface area contributed by atoms with Crippen molar-refractivity contribution in [2.24, 2.45) is 5.92 Å². The summed E-state index contributed by atoms with van der Waals surface area (Å²) in [5.41, 5.74) is 0. The van der Waals surface area contributed by atoms with E-state index in [1.807, 2.05) is 0 Å². The number of hydrogen-bond donors (Lipinski definition) is 1. The van der Waals surface area contributed by atoms with Gasteiger partial charge in [0.15, 0.2) is 0 Å². The molecule has 0 amide bonds. The van der Waals surface area contributed by atoms with Gasteiger partial charge in [0.2, 0.25) is 10.0 Å². The Morgan fingerprint density at radius 2 is 1.96 bits per heavy atom. The zero-order chi connectivity index (χ0) is 16.9. The van der Waals surface area contributed by atoms with Crippen LogP contribution < -0.4 is 4.72 Å². The first-order valence-corrected chi connectivity index (χ1v) is 10.7. The number of nitrogens with zero attached hydrogens (tertiary/aromatic N) is 1. The Hall–Kier alpha value is -0.180. The van der Waals surface area contributed by atoms with Crippen LogP contribution in [0.4, 0.5) is 0 Å². The van der Waals surface area contributed by atoms with Crippen LogP contribution in [0.25, 0.3) is 0 Å². The molecule has 2 heterocycles. The minimum atomic E-state index is -3.50. The molecule has 8 heteroatoms. The Kier molecular flexibility index (Phi) is 7.31. The molecule has 1 aromatic heterocycles. The van der Waals surface area contributed by atoms with Crippen LogP contribution in [0.2, 0.25) is 4.34 Å². The molecule has 132 valence electrons. The lowest BCUT2D eigenvalue weighted by Crippen LogP contribution is -2.51. The first-order chi connectivity index (χ1) is 11.0. The van der Waals surface area contributed by atoms with Crippen molar-refractivity contribution < 1.29 is 13.2 Å². The highest BCUT2D eigenvalue weighted by atomic mass is 35.5. The van der Waals surface area contributed by atoms with Crippen molar-refractivity contribution in [1.82, 2.24) is 9.62 Å². The SMILES string of the molecule is CCC(CC)C(CNS(=O)(=O)c1ccc(Cl)s1)N1CCOCC1. The van der Waals surface area contributed by atoms with Gasteiger partial charge in [-0.25, -0.2) is 13.1 Å². The van der Waals surface area contributed by atoms with Crippen molar-refractivity contribution in [2.45, 2.75) is 36.9 Å². The van der Waals surface area contributed by atoms with E-state index in [9.17, 15) is 8.42 Å². The number of sulfonamides is 1. The normalized spacial score (nSPS) is 18.4. The van der Waals surface area contributed by atoms with Crippen molar-refractivity contribution >= 4 is 33.0 Å². The second-order valence-electron chi connectivity index (χ2n) is 5.70. The summed E-state index contributed by atoms with van der Waals surface area (Å²) < 4.78 is 33.8. The first kappa shape index (κ1) is 19.1. The molecule has 1 N–H and O–H groups in total. The third-order valence-electron chi connectivity index (χ3n) is 4.40. The van der Waals surface area contributed by atoms with Gasteiger partial charge in [-0.15, -0.1) is 11.3 Å². The summed E-state index contributed by atoms with van der Waals surface area (Å²) in [4.78, 5) is 2.35. The lowest BCUT2D eigenvalue weighted by Gasteiger charge is -2.38. The number of hydrogen-bond acceptors (Lipinski definition) is 5. The Labute approximate surface area is 148 Å².